The molecule has 1 spiro atoms. The summed E-state index contributed by atoms with van der Waals surface area (Å²) < 4.78 is 46.1. The fourth-order valence-corrected chi connectivity index (χ4v) is 7.41. The topological polar surface area (TPSA) is 78.9 Å². The zero-order valence-electron chi connectivity index (χ0n) is 24.7. The zero-order chi connectivity index (χ0) is 30.4. The smallest absolute Gasteiger partial charge is 0.416 e. The van der Waals surface area contributed by atoms with Gasteiger partial charge in [0, 0.05) is 30.0 Å². The molecule has 1 amide bonds. The van der Waals surface area contributed by atoms with Crippen LogP contribution in [0.1, 0.15) is 82.0 Å². The van der Waals surface area contributed by atoms with Gasteiger partial charge < -0.3 is 20.1 Å². The van der Waals surface area contributed by atoms with Gasteiger partial charge in [0.2, 0.25) is 5.91 Å². The van der Waals surface area contributed by atoms with Crippen LogP contribution in [0.5, 0.6) is 5.75 Å². The first-order valence-corrected chi connectivity index (χ1v) is 14.8. The summed E-state index contributed by atoms with van der Waals surface area (Å²) in [6.07, 6.45) is 1.38. The minimum absolute atomic E-state index is 0.00793. The molecule has 1 aliphatic heterocycles. The van der Waals surface area contributed by atoms with Gasteiger partial charge in [0.05, 0.1) is 18.7 Å². The van der Waals surface area contributed by atoms with Crippen molar-refractivity contribution >= 4 is 11.9 Å². The Hall–Kier alpha value is -3.07. The maximum atomic E-state index is 14.4. The molecule has 0 bridgehead atoms. The number of aliphatic carboxylic acids is 1. The van der Waals surface area contributed by atoms with Gasteiger partial charge in [-0.05, 0) is 73.1 Å². The number of nitrogens with zero attached hydrogens (tertiary/aromatic N) is 1. The first-order chi connectivity index (χ1) is 19.8. The quantitative estimate of drug-likeness (QED) is 0.371. The van der Waals surface area contributed by atoms with E-state index in [1.54, 1.807) is 4.90 Å². The number of carbonyl (C=O) groups is 2. The third-order valence-electron chi connectivity index (χ3n) is 9.80. The lowest BCUT2D eigenvalue weighted by atomic mass is 9.72. The van der Waals surface area contributed by atoms with Crippen LogP contribution in [0.25, 0.3) is 0 Å². The van der Waals surface area contributed by atoms with Gasteiger partial charge in [-0.15, -0.1) is 0 Å². The van der Waals surface area contributed by atoms with E-state index in [2.05, 4.69) is 5.32 Å². The number of carboxylic acid groups (broad SMARTS) is 1. The van der Waals surface area contributed by atoms with Gasteiger partial charge in [-0.3, -0.25) is 4.79 Å². The van der Waals surface area contributed by atoms with Gasteiger partial charge in [-0.2, -0.15) is 13.2 Å². The lowest BCUT2D eigenvalue weighted by Crippen LogP contribution is -2.49. The highest BCUT2D eigenvalue weighted by molar-refractivity contribution is 5.87. The van der Waals surface area contributed by atoms with Gasteiger partial charge >= 0.3 is 12.1 Å². The summed E-state index contributed by atoms with van der Waals surface area (Å²) >= 11 is 0. The maximum Gasteiger partial charge on any atom is 0.416 e. The van der Waals surface area contributed by atoms with Gasteiger partial charge in [0.15, 0.2) is 0 Å². The number of methoxy groups -OCH3 is 1. The first-order valence-electron chi connectivity index (χ1n) is 14.8. The SMILES string of the molecule is COc1ccc(C(F)(F)F)cc1CNC1C(c2ccccc2)N(C(=O)C2CCC3(CC2)CC3)C(C(=O)O)C1C(C)(C)C. The largest absolute Gasteiger partial charge is 0.496 e. The summed E-state index contributed by atoms with van der Waals surface area (Å²) in [7, 11) is 1.41. The molecule has 2 aliphatic carbocycles. The fraction of sp³-hybridized carbons (Fsp3) is 0.576. The Morgan fingerprint density at radius 1 is 1.02 bits per heavy atom. The summed E-state index contributed by atoms with van der Waals surface area (Å²) in [5, 5.41) is 14.1. The van der Waals surface area contributed by atoms with Crippen LogP contribution in [0.4, 0.5) is 13.2 Å². The van der Waals surface area contributed by atoms with Crippen molar-refractivity contribution in [1.29, 1.82) is 0 Å². The van der Waals surface area contributed by atoms with Crippen LogP contribution >= 0.6 is 0 Å². The molecular formula is C33H41F3N2O4. The number of amides is 1. The molecule has 4 unspecified atom stereocenters. The molecule has 3 aliphatic rings. The molecular weight excluding hydrogens is 545 g/mol. The Bertz CT molecular complexity index is 1290. The standard InChI is InChI=1S/C33H41F3N2O4/c1-31(2,3)25-26(37-19-22-18-23(33(34,35)36)10-11-24(22)42-4)27(20-8-6-5-7-9-20)38(28(25)30(40)41)29(39)21-12-14-32(15-13-21)16-17-32/h5-11,18,21,25-28,37H,12-17,19H2,1-4H3,(H,40,41). The molecule has 1 saturated heterocycles. The number of carbonyl (C=O) groups excluding carboxylic acids is 1. The van der Waals surface area contributed by atoms with E-state index in [1.807, 2.05) is 51.1 Å². The highest BCUT2D eigenvalue weighted by Gasteiger charge is 2.59. The van der Waals surface area contributed by atoms with Crippen LogP contribution in [0.3, 0.4) is 0 Å². The molecule has 0 radical (unpaired) electrons. The van der Waals surface area contributed by atoms with Crippen molar-refractivity contribution in [2.75, 3.05) is 7.11 Å². The second-order valence-electron chi connectivity index (χ2n) is 13.5. The Labute approximate surface area is 245 Å². The molecule has 3 fully saturated rings. The maximum absolute atomic E-state index is 14.4. The Morgan fingerprint density at radius 2 is 1.67 bits per heavy atom. The van der Waals surface area contributed by atoms with E-state index in [1.165, 1.54) is 26.0 Å². The van der Waals surface area contributed by atoms with Crippen LogP contribution in [0.15, 0.2) is 48.5 Å². The van der Waals surface area contributed by atoms with Gasteiger partial charge in [0.25, 0.3) is 0 Å². The van der Waals surface area contributed by atoms with E-state index in [4.69, 9.17) is 4.74 Å². The molecule has 9 heteroatoms. The number of benzene rings is 2. The molecule has 42 heavy (non-hydrogen) atoms. The molecule has 2 saturated carbocycles. The van der Waals surface area contributed by atoms with E-state index in [-0.39, 0.29) is 18.4 Å². The van der Waals surface area contributed by atoms with Crippen molar-refractivity contribution in [3.63, 3.8) is 0 Å². The van der Waals surface area contributed by atoms with Gasteiger partial charge in [-0.1, -0.05) is 51.1 Å². The number of likely N-dealkylation sites (tertiary alicyclic amines) is 1. The van der Waals surface area contributed by atoms with Gasteiger partial charge in [0.1, 0.15) is 11.8 Å². The van der Waals surface area contributed by atoms with Crippen LogP contribution in [0.2, 0.25) is 0 Å². The number of alkyl halides is 3. The van der Waals surface area contributed by atoms with E-state index >= 15 is 0 Å². The lowest BCUT2D eigenvalue weighted by Gasteiger charge is -2.37. The molecule has 4 atom stereocenters. The normalized spacial score (nSPS) is 25.9. The molecule has 2 aromatic rings. The van der Waals surface area contributed by atoms with Crippen molar-refractivity contribution in [3.8, 4) is 5.75 Å². The van der Waals surface area contributed by atoms with E-state index in [0.717, 1.165) is 43.4 Å². The number of nitrogens with one attached hydrogen (secondary N) is 1. The molecule has 2 aromatic carbocycles. The predicted molar refractivity (Wildman–Crippen MR) is 153 cm³/mol. The first kappa shape index (κ1) is 30.4. The average molecular weight is 587 g/mol. The third-order valence-corrected chi connectivity index (χ3v) is 9.80. The van der Waals surface area contributed by atoms with E-state index < -0.39 is 47.2 Å². The summed E-state index contributed by atoms with van der Waals surface area (Å²) in [6.45, 7) is 5.88. The minimum Gasteiger partial charge on any atom is -0.496 e. The lowest BCUT2D eigenvalue weighted by molar-refractivity contribution is -0.154. The van der Waals surface area contributed by atoms with Gasteiger partial charge in [-0.25, -0.2) is 4.79 Å². The average Bonchev–Trinajstić information content (AvgIpc) is 3.59. The van der Waals surface area contributed by atoms with Crippen molar-refractivity contribution in [2.24, 2.45) is 22.7 Å². The van der Waals surface area contributed by atoms with Crippen LogP contribution < -0.4 is 10.1 Å². The van der Waals surface area contributed by atoms with Crippen molar-refractivity contribution in [3.05, 3.63) is 65.2 Å². The van der Waals surface area contributed by atoms with Crippen LogP contribution in [0, 0.1) is 22.7 Å². The van der Waals surface area contributed by atoms with E-state index in [9.17, 15) is 27.9 Å². The third kappa shape index (κ3) is 5.90. The number of ether oxygens (including phenoxy) is 1. The van der Waals surface area contributed by atoms with E-state index in [0.29, 0.717) is 16.7 Å². The summed E-state index contributed by atoms with van der Waals surface area (Å²) in [6, 6.07) is 10.5. The monoisotopic (exact) mass is 586 g/mol. The predicted octanol–water partition coefficient (Wildman–Crippen LogP) is 6.84. The highest BCUT2D eigenvalue weighted by Crippen LogP contribution is 2.58. The number of hydrogen-bond acceptors (Lipinski definition) is 4. The summed E-state index contributed by atoms with van der Waals surface area (Å²) in [4.78, 5) is 29.0. The second kappa shape index (κ2) is 11.2. The minimum atomic E-state index is -4.52. The number of rotatable bonds is 7. The highest BCUT2D eigenvalue weighted by atomic mass is 19.4. The summed E-state index contributed by atoms with van der Waals surface area (Å²) in [5.74, 6) is -1.68. The number of carboxylic acids is 1. The Kier molecular flexibility index (Phi) is 8.11. The summed E-state index contributed by atoms with van der Waals surface area (Å²) in [5.41, 5.74) is 0.155. The van der Waals surface area contributed by atoms with Crippen molar-refractivity contribution < 1.29 is 32.6 Å². The number of halogens is 3. The zero-order valence-corrected chi connectivity index (χ0v) is 24.7. The Balaban J connectivity index is 1.55. The number of hydrogen-bond donors (Lipinski definition) is 2. The van der Waals surface area contributed by atoms with Crippen molar-refractivity contribution in [1.82, 2.24) is 10.2 Å². The van der Waals surface area contributed by atoms with Crippen molar-refractivity contribution in [2.45, 2.75) is 90.1 Å². The van der Waals surface area contributed by atoms with Crippen LogP contribution in [-0.4, -0.2) is 41.1 Å². The van der Waals surface area contributed by atoms with Crippen LogP contribution in [-0.2, 0) is 22.3 Å². The molecule has 1 heterocycles. The fourth-order valence-electron chi connectivity index (χ4n) is 7.41. The molecule has 0 aromatic heterocycles. The molecule has 6 nitrogen and oxygen atoms in total. The molecule has 2 N–H and O–H groups in total. The second-order valence-corrected chi connectivity index (χ2v) is 13.5. The molecule has 5 rings (SSSR count). The molecule has 228 valence electrons. The Morgan fingerprint density at radius 3 is 2.19 bits per heavy atom.